The van der Waals surface area contributed by atoms with Crippen molar-refractivity contribution >= 4 is 21.9 Å². The summed E-state index contributed by atoms with van der Waals surface area (Å²) in [4.78, 5) is 23.0. The Morgan fingerprint density at radius 3 is 2.24 bits per heavy atom. The highest BCUT2D eigenvalue weighted by atomic mass is 32.2. The summed E-state index contributed by atoms with van der Waals surface area (Å²) in [5.74, 6) is -2.27. The minimum Gasteiger partial charge on any atom is -0.481 e. The summed E-state index contributed by atoms with van der Waals surface area (Å²) >= 11 is 0. The number of sulfonamides is 1. The van der Waals surface area contributed by atoms with Crippen molar-refractivity contribution in [2.75, 3.05) is 19.5 Å². The summed E-state index contributed by atoms with van der Waals surface area (Å²) in [7, 11) is -2.32. The van der Waals surface area contributed by atoms with E-state index in [4.69, 9.17) is 5.11 Å². The van der Waals surface area contributed by atoms with Gasteiger partial charge in [-0.2, -0.15) is 0 Å². The zero-order chi connectivity index (χ0) is 16.8. The number of hydrogen-bond donors (Lipinski definition) is 2. The number of carbonyl (C=O) groups is 2. The number of rotatable bonds is 9. The van der Waals surface area contributed by atoms with E-state index in [2.05, 4.69) is 11.3 Å². The van der Waals surface area contributed by atoms with E-state index >= 15 is 0 Å². The molecular weight excluding hydrogens is 296 g/mol. The molecule has 0 fully saturated rings. The second kappa shape index (κ2) is 8.14. The average Bonchev–Trinajstić information content (AvgIpc) is 2.32. The number of amides is 1. The standard InChI is InChI=1S/C13H24N2O5S/c1-9(2)10(3)12(6-13(17)18)7-14-21(19,20)8-15(5)11(4)16/h9,12,14H,3,6-8H2,1-2,4-5H3,(H,17,18). The van der Waals surface area contributed by atoms with Crippen molar-refractivity contribution in [3.63, 3.8) is 0 Å². The van der Waals surface area contributed by atoms with Crippen LogP contribution in [0.15, 0.2) is 12.2 Å². The van der Waals surface area contributed by atoms with E-state index < -0.39 is 27.8 Å². The maximum absolute atomic E-state index is 11.8. The quantitative estimate of drug-likeness (QED) is 0.607. The van der Waals surface area contributed by atoms with E-state index in [1.165, 1.54) is 14.0 Å². The lowest BCUT2D eigenvalue weighted by atomic mass is 9.89. The Balaban J connectivity index is 4.77. The lowest BCUT2D eigenvalue weighted by molar-refractivity contribution is -0.137. The Bertz CT molecular complexity index is 499. The molecule has 0 aliphatic heterocycles. The molecule has 1 atom stereocenters. The van der Waals surface area contributed by atoms with Gasteiger partial charge in [0.15, 0.2) is 0 Å². The van der Waals surface area contributed by atoms with Crippen LogP contribution in [0.1, 0.15) is 27.2 Å². The normalized spacial score (nSPS) is 13.0. The molecule has 0 aliphatic carbocycles. The SMILES string of the molecule is C=C(C(C)C)C(CNS(=O)(=O)CN(C)C(C)=O)CC(=O)O. The number of carboxylic acid groups (broad SMARTS) is 1. The van der Waals surface area contributed by atoms with Gasteiger partial charge in [0.25, 0.3) is 0 Å². The summed E-state index contributed by atoms with van der Waals surface area (Å²) in [5, 5.41) is 8.89. The van der Waals surface area contributed by atoms with Gasteiger partial charge in [0.2, 0.25) is 15.9 Å². The molecule has 0 saturated heterocycles. The molecule has 0 heterocycles. The van der Waals surface area contributed by atoms with Crippen LogP contribution in [0.2, 0.25) is 0 Å². The number of nitrogens with zero attached hydrogens (tertiary/aromatic N) is 1. The highest BCUT2D eigenvalue weighted by molar-refractivity contribution is 7.89. The van der Waals surface area contributed by atoms with E-state index in [0.717, 1.165) is 4.90 Å². The summed E-state index contributed by atoms with van der Waals surface area (Å²) in [6, 6.07) is 0. The number of aliphatic carboxylic acids is 1. The van der Waals surface area contributed by atoms with Gasteiger partial charge in [0.1, 0.15) is 5.88 Å². The smallest absolute Gasteiger partial charge is 0.304 e. The van der Waals surface area contributed by atoms with Crippen LogP contribution in [-0.4, -0.2) is 49.8 Å². The molecule has 122 valence electrons. The predicted molar refractivity (Wildman–Crippen MR) is 80.0 cm³/mol. The average molecular weight is 320 g/mol. The fraction of sp³-hybridized carbons (Fsp3) is 0.692. The van der Waals surface area contributed by atoms with Crippen molar-refractivity contribution in [3.05, 3.63) is 12.2 Å². The summed E-state index contributed by atoms with van der Waals surface area (Å²) in [6.45, 7) is 8.80. The number of carbonyl (C=O) groups excluding carboxylic acids is 1. The van der Waals surface area contributed by atoms with Gasteiger partial charge < -0.3 is 10.0 Å². The van der Waals surface area contributed by atoms with Gasteiger partial charge in [-0.1, -0.05) is 26.0 Å². The zero-order valence-corrected chi connectivity index (χ0v) is 13.7. The van der Waals surface area contributed by atoms with E-state index in [0.29, 0.717) is 5.57 Å². The van der Waals surface area contributed by atoms with Crippen molar-refractivity contribution in [2.24, 2.45) is 11.8 Å². The predicted octanol–water partition coefficient (Wildman–Crippen LogP) is 0.645. The Morgan fingerprint density at radius 1 is 1.33 bits per heavy atom. The van der Waals surface area contributed by atoms with E-state index in [9.17, 15) is 18.0 Å². The number of carboxylic acids is 1. The van der Waals surface area contributed by atoms with E-state index in [1.807, 2.05) is 13.8 Å². The summed E-state index contributed by atoms with van der Waals surface area (Å²) < 4.78 is 26.0. The first kappa shape index (κ1) is 19.6. The molecule has 2 N–H and O–H groups in total. The molecule has 0 bridgehead atoms. The molecule has 0 saturated carbocycles. The maximum Gasteiger partial charge on any atom is 0.304 e. The third-order valence-corrected chi connectivity index (χ3v) is 4.47. The third kappa shape index (κ3) is 7.81. The Morgan fingerprint density at radius 2 is 1.86 bits per heavy atom. The molecule has 0 aromatic carbocycles. The second-order valence-electron chi connectivity index (χ2n) is 5.33. The first-order valence-corrected chi connectivity index (χ1v) is 8.21. The van der Waals surface area contributed by atoms with Crippen molar-refractivity contribution in [3.8, 4) is 0 Å². The molecule has 7 nitrogen and oxygen atoms in total. The molecule has 8 heteroatoms. The van der Waals surface area contributed by atoms with Crippen LogP contribution in [0.4, 0.5) is 0 Å². The molecule has 21 heavy (non-hydrogen) atoms. The van der Waals surface area contributed by atoms with Crippen molar-refractivity contribution in [2.45, 2.75) is 27.2 Å². The summed E-state index contributed by atoms with van der Waals surface area (Å²) in [6.07, 6.45) is -0.192. The van der Waals surface area contributed by atoms with Crippen LogP contribution in [0.25, 0.3) is 0 Å². The highest BCUT2D eigenvalue weighted by Crippen LogP contribution is 2.21. The minimum absolute atomic E-state index is 0.0443. The van der Waals surface area contributed by atoms with Crippen molar-refractivity contribution < 1.29 is 23.1 Å². The first-order valence-electron chi connectivity index (χ1n) is 6.55. The van der Waals surface area contributed by atoms with Crippen LogP contribution in [0, 0.1) is 11.8 Å². The lowest BCUT2D eigenvalue weighted by Crippen LogP contribution is -2.39. The highest BCUT2D eigenvalue weighted by Gasteiger charge is 2.22. The maximum atomic E-state index is 11.8. The van der Waals surface area contributed by atoms with Gasteiger partial charge in [0, 0.05) is 26.4 Å². The fourth-order valence-electron chi connectivity index (χ4n) is 1.64. The van der Waals surface area contributed by atoms with Crippen LogP contribution in [-0.2, 0) is 19.6 Å². The zero-order valence-electron chi connectivity index (χ0n) is 12.9. The molecule has 0 aromatic heterocycles. The molecule has 0 aromatic rings. The first-order chi connectivity index (χ1) is 9.46. The molecule has 1 unspecified atom stereocenters. The van der Waals surface area contributed by atoms with Crippen LogP contribution in [0.3, 0.4) is 0 Å². The molecule has 1 amide bonds. The monoisotopic (exact) mass is 320 g/mol. The van der Waals surface area contributed by atoms with Gasteiger partial charge in [-0.25, -0.2) is 13.1 Å². The van der Waals surface area contributed by atoms with Crippen LogP contribution >= 0.6 is 0 Å². The van der Waals surface area contributed by atoms with E-state index in [1.54, 1.807) is 0 Å². The Labute approximate surface area is 126 Å². The number of nitrogens with one attached hydrogen (secondary N) is 1. The molecule has 0 aliphatic rings. The van der Waals surface area contributed by atoms with Gasteiger partial charge in [-0.15, -0.1) is 0 Å². The van der Waals surface area contributed by atoms with Gasteiger partial charge >= 0.3 is 5.97 Å². The summed E-state index contributed by atoms with van der Waals surface area (Å²) in [5.41, 5.74) is 0.681. The largest absolute Gasteiger partial charge is 0.481 e. The third-order valence-electron chi connectivity index (χ3n) is 3.14. The van der Waals surface area contributed by atoms with Crippen molar-refractivity contribution in [1.29, 1.82) is 0 Å². The molecule has 0 spiro atoms. The molecule has 0 rings (SSSR count). The minimum atomic E-state index is -3.69. The Hall–Kier alpha value is -1.41. The fourth-order valence-corrected chi connectivity index (χ4v) is 2.87. The topological polar surface area (TPSA) is 104 Å². The Kier molecular flexibility index (Phi) is 7.59. The van der Waals surface area contributed by atoms with Gasteiger partial charge in [-0.05, 0) is 5.92 Å². The molecule has 0 radical (unpaired) electrons. The lowest BCUT2D eigenvalue weighted by Gasteiger charge is -2.22. The second-order valence-corrected chi connectivity index (χ2v) is 7.11. The molecular formula is C13H24N2O5S. The van der Waals surface area contributed by atoms with Crippen LogP contribution in [0.5, 0.6) is 0 Å². The van der Waals surface area contributed by atoms with Crippen LogP contribution < -0.4 is 4.72 Å². The van der Waals surface area contributed by atoms with Crippen molar-refractivity contribution in [1.82, 2.24) is 9.62 Å². The van der Waals surface area contributed by atoms with E-state index in [-0.39, 0.29) is 24.8 Å². The van der Waals surface area contributed by atoms with Gasteiger partial charge in [0.05, 0.1) is 6.42 Å². The van der Waals surface area contributed by atoms with Gasteiger partial charge in [-0.3, -0.25) is 9.59 Å². The number of hydrogen-bond acceptors (Lipinski definition) is 4.